The molecule has 1 rings (SSSR count). The van der Waals surface area contributed by atoms with Gasteiger partial charge in [-0.1, -0.05) is 6.07 Å². The summed E-state index contributed by atoms with van der Waals surface area (Å²) in [5.74, 6) is -1.01. The van der Waals surface area contributed by atoms with Gasteiger partial charge >= 0.3 is 0 Å². The molecule has 0 bridgehead atoms. The van der Waals surface area contributed by atoms with Gasteiger partial charge < -0.3 is 15.3 Å². The van der Waals surface area contributed by atoms with Gasteiger partial charge in [0.25, 0.3) is 11.8 Å². The fourth-order valence-corrected chi connectivity index (χ4v) is 1.32. The molecule has 0 atom stereocenters. The molecular formula is C11H14N2O3. The molecule has 86 valence electrons. The van der Waals surface area contributed by atoms with Crippen molar-refractivity contribution in [2.75, 3.05) is 21.1 Å². The zero-order valence-electron chi connectivity index (χ0n) is 9.44. The van der Waals surface area contributed by atoms with Crippen molar-refractivity contribution in [3.63, 3.8) is 0 Å². The van der Waals surface area contributed by atoms with E-state index >= 15 is 0 Å². The lowest BCUT2D eigenvalue weighted by molar-refractivity contribution is 0.0818. The molecule has 0 heterocycles. The Hall–Kier alpha value is -2.04. The van der Waals surface area contributed by atoms with Crippen LogP contribution >= 0.6 is 0 Å². The third-order valence-corrected chi connectivity index (χ3v) is 2.13. The molecule has 0 aromatic heterocycles. The molecule has 5 nitrogen and oxygen atoms in total. The van der Waals surface area contributed by atoms with Crippen LogP contribution in [0.1, 0.15) is 20.7 Å². The van der Waals surface area contributed by atoms with Gasteiger partial charge in [0.2, 0.25) is 0 Å². The first kappa shape index (κ1) is 12.0. The van der Waals surface area contributed by atoms with Gasteiger partial charge in [-0.25, -0.2) is 0 Å². The monoisotopic (exact) mass is 222 g/mol. The summed E-state index contributed by atoms with van der Waals surface area (Å²) in [6.07, 6.45) is 0. The molecule has 5 heteroatoms. The number of phenolic OH excluding ortho intramolecular Hbond substituents is 1. The van der Waals surface area contributed by atoms with E-state index in [-0.39, 0.29) is 22.8 Å². The van der Waals surface area contributed by atoms with Gasteiger partial charge in [0, 0.05) is 21.1 Å². The third kappa shape index (κ3) is 2.13. The number of nitrogens with one attached hydrogen (secondary N) is 1. The Balaban J connectivity index is 3.34. The van der Waals surface area contributed by atoms with E-state index in [2.05, 4.69) is 5.32 Å². The van der Waals surface area contributed by atoms with Crippen LogP contribution in [0.2, 0.25) is 0 Å². The number of carbonyl (C=O) groups is 2. The summed E-state index contributed by atoms with van der Waals surface area (Å²) in [5.41, 5.74) is 0.188. The van der Waals surface area contributed by atoms with E-state index in [1.165, 1.54) is 30.1 Å². The van der Waals surface area contributed by atoms with Crippen molar-refractivity contribution in [3.05, 3.63) is 29.3 Å². The first-order valence-corrected chi connectivity index (χ1v) is 4.74. The van der Waals surface area contributed by atoms with Crippen molar-refractivity contribution in [1.29, 1.82) is 0 Å². The van der Waals surface area contributed by atoms with Crippen molar-refractivity contribution in [2.45, 2.75) is 0 Å². The summed E-state index contributed by atoms with van der Waals surface area (Å²) in [5, 5.41) is 12.0. The highest BCUT2D eigenvalue weighted by Crippen LogP contribution is 2.21. The number of phenols is 1. The van der Waals surface area contributed by atoms with Gasteiger partial charge in [0.15, 0.2) is 0 Å². The van der Waals surface area contributed by atoms with Crippen LogP contribution in [0.25, 0.3) is 0 Å². The van der Waals surface area contributed by atoms with Gasteiger partial charge in [-0.2, -0.15) is 0 Å². The SMILES string of the molecule is CNC(=O)c1c(O)cccc1C(=O)N(C)C. The predicted molar refractivity (Wildman–Crippen MR) is 59.5 cm³/mol. The highest BCUT2D eigenvalue weighted by atomic mass is 16.3. The Morgan fingerprint density at radius 1 is 1.31 bits per heavy atom. The summed E-state index contributed by atoms with van der Waals surface area (Å²) in [6, 6.07) is 4.40. The number of carbonyl (C=O) groups excluding carboxylic acids is 2. The van der Waals surface area contributed by atoms with Gasteiger partial charge in [0.1, 0.15) is 5.75 Å². The maximum absolute atomic E-state index is 11.8. The van der Waals surface area contributed by atoms with E-state index in [1.54, 1.807) is 14.1 Å². The van der Waals surface area contributed by atoms with Crippen LogP contribution in [-0.4, -0.2) is 43.0 Å². The number of aromatic hydroxyl groups is 1. The summed E-state index contributed by atoms with van der Waals surface area (Å²) < 4.78 is 0. The lowest BCUT2D eigenvalue weighted by Crippen LogP contribution is -2.27. The second-order valence-electron chi connectivity index (χ2n) is 3.48. The predicted octanol–water partition coefficient (Wildman–Crippen LogP) is 0.454. The Kier molecular flexibility index (Phi) is 3.50. The maximum atomic E-state index is 11.8. The van der Waals surface area contributed by atoms with Crippen LogP contribution in [0, 0.1) is 0 Å². The average molecular weight is 222 g/mol. The first-order chi connectivity index (χ1) is 7.49. The third-order valence-electron chi connectivity index (χ3n) is 2.13. The molecule has 16 heavy (non-hydrogen) atoms. The summed E-state index contributed by atoms with van der Waals surface area (Å²) >= 11 is 0. The minimum Gasteiger partial charge on any atom is -0.507 e. The zero-order chi connectivity index (χ0) is 12.3. The number of nitrogens with zero attached hydrogens (tertiary/aromatic N) is 1. The Morgan fingerprint density at radius 3 is 2.44 bits per heavy atom. The van der Waals surface area contributed by atoms with E-state index in [4.69, 9.17) is 0 Å². The highest BCUT2D eigenvalue weighted by Gasteiger charge is 2.20. The molecular weight excluding hydrogens is 208 g/mol. The van der Waals surface area contributed by atoms with Crippen LogP contribution < -0.4 is 5.32 Å². The van der Waals surface area contributed by atoms with Crippen LogP contribution in [0.5, 0.6) is 5.75 Å². The minimum atomic E-state index is -0.483. The van der Waals surface area contributed by atoms with E-state index in [9.17, 15) is 14.7 Å². The number of hydrogen-bond donors (Lipinski definition) is 2. The van der Waals surface area contributed by atoms with Crippen LogP contribution in [-0.2, 0) is 0 Å². The Morgan fingerprint density at radius 2 is 1.94 bits per heavy atom. The molecule has 0 fully saturated rings. The minimum absolute atomic E-state index is 0.00343. The molecule has 0 saturated carbocycles. The normalized spacial score (nSPS) is 9.69. The zero-order valence-corrected chi connectivity index (χ0v) is 9.44. The van der Waals surface area contributed by atoms with Crippen molar-refractivity contribution < 1.29 is 14.7 Å². The number of hydrogen-bond acceptors (Lipinski definition) is 3. The number of benzene rings is 1. The topological polar surface area (TPSA) is 69.6 Å². The fourth-order valence-electron chi connectivity index (χ4n) is 1.32. The van der Waals surface area contributed by atoms with Gasteiger partial charge in [-0.3, -0.25) is 9.59 Å². The highest BCUT2D eigenvalue weighted by molar-refractivity contribution is 6.08. The first-order valence-electron chi connectivity index (χ1n) is 4.74. The van der Waals surface area contributed by atoms with Crippen LogP contribution in [0.4, 0.5) is 0 Å². The molecule has 2 N–H and O–H groups in total. The van der Waals surface area contributed by atoms with E-state index in [0.717, 1.165) is 0 Å². The van der Waals surface area contributed by atoms with Crippen LogP contribution in [0.15, 0.2) is 18.2 Å². The van der Waals surface area contributed by atoms with E-state index < -0.39 is 5.91 Å². The largest absolute Gasteiger partial charge is 0.507 e. The fraction of sp³-hybridized carbons (Fsp3) is 0.273. The summed E-state index contributed by atoms with van der Waals surface area (Å²) in [7, 11) is 4.61. The quantitative estimate of drug-likeness (QED) is 0.763. The second-order valence-corrected chi connectivity index (χ2v) is 3.48. The van der Waals surface area contributed by atoms with Gasteiger partial charge in [0.05, 0.1) is 11.1 Å². The molecule has 1 aromatic carbocycles. The molecule has 0 aliphatic carbocycles. The van der Waals surface area contributed by atoms with Crippen molar-refractivity contribution in [2.24, 2.45) is 0 Å². The van der Waals surface area contributed by atoms with Crippen molar-refractivity contribution in [3.8, 4) is 5.75 Å². The van der Waals surface area contributed by atoms with Crippen molar-refractivity contribution >= 4 is 11.8 Å². The lowest BCUT2D eigenvalue weighted by Gasteiger charge is -2.14. The molecule has 0 radical (unpaired) electrons. The Bertz CT molecular complexity index is 427. The lowest BCUT2D eigenvalue weighted by atomic mass is 10.0. The number of rotatable bonds is 2. The molecule has 0 saturated heterocycles. The van der Waals surface area contributed by atoms with Crippen molar-refractivity contribution in [1.82, 2.24) is 10.2 Å². The molecule has 1 aromatic rings. The smallest absolute Gasteiger partial charge is 0.255 e. The van der Waals surface area contributed by atoms with Crippen LogP contribution in [0.3, 0.4) is 0 Å². The summed E-state index contributed by atoms with van der Waals surface area (Å²) in [6.45, 7) is 0. The standard InChI is InChI=1S/C11H14N2O3/c1-12-10(15)9-7(11(16)13(2)3)5-4-6-8(9)14/h4-6,14H,1-3H3,(H,12,15). The molecule has 0 spiro atoms. The van der Waals surface area contributed by atoms with E-state index in [0.29, 0.717) is 0 Å². The Labute approximate surface area is 93.7 Å². The summed E-state index contributed by atoms with van der Waals surface area (Å²) in [4.78, 5) is 24.7. The number of amides is 2. The molecule has 2 amide bonds. The maximum Gasteiger partial charge on any atom is 0.255 e. The molecule has 0 aliphatic rings. The van der Waals surface area contributed by atoms with Gasteiger partial charge in [-0.05, 0) is 12.1 Å². The second kappa shape index (κ2) is 4.65. The molecule has 0 unspecified atom stereocenters. The van der Waals surface area contributed by atoms with E-state index in [1.807, 2.05) is 0 Å². The molecule has 0 aliphatic heterocycles. The van der Waals surface area contributed by atoms with Gasteiger partial charge in [-0.15, -0.1) is 0 Å². The average Bonchev–Trinajstić information content (AvgIpc) is 2.26.